The van der Waals surface area contributed by atoms with E-state index in [0.717, 1.165) is 25.2 Å². The lowest BCUT2D eigenvalue weighted by Gasteiger charge is -2.59. The summed E-state index contributed by atoms with van der Waals surface area (Å²) in [5.74, 6) is 0.0915. The number of nitrogens with zero attached hydrogens (tertiary/aromatic N) is 3. The number of allylic oxidation sites excluding steroid dienone is 2. The topological polar surface area (TPSA) is 65.6 Å². The first-order chi connectivity index (χ1) is 14.7. The van der Waals surface area contributed by atoms with Crippen LogP contribution in [-0.4, -0.2) is 64.5 Å². The van der Waals surface area contributed by atoms with Crippen LogP contribution in [0.2, 0.25) is 0 Å². The van der Waals surface area contributed by atoms with Crippen LogP contribution in [0.3, 0.4) is 0 Å². The third-order valence-electron chi connectivity index (χ3n) is 6.41. The second kappa shape index (κ2) is 7.91. The molecule has 0 aliphatic carbocycles. The first-order valence-corrected chi connectivity index (χ1v) is 10.6. The molecule has 2 aromatic heterocycles. The lowest BCUT2D eigenvalue weighted by atomic mass is 9.86. The molecule has 3 atom stereocenters. The Morgan fingerprint density at radius 1 is 1.23 bits per heavy atom. The van der Waals surface area contributed by atoms with Crippen molar-refractivity contribution in [1.29, 1.82) is 0 Å². The fourth-order valence-corrected chi connectivity index (χ4v) is 4.81. The summed E-state index contributed by atoms with van der Waals surface area (Å²) in [5, 5.41) is 3.56. The number of rotatable bonds is 7. The molecule has 7 nitrogen and oxygen atoms in total. The second-order valence-corrected chi connectivity index (χ2v) is 8.14. The van der Waals surface area contributed by atoms with Gasteiger partial charge in [0.25, 0.3) is 0 Å². The highest BCUT2D eigenvalue weighted by Crippen LogP contribution is 2.38. The summed E-state index contributed by atoms with van der Waals surface area (Å²) in [6.07, 6.45) is 13.5. The van der Waals surface area contributed by atoms with Crippen LogP contribution in [0.5, 0.6) is 5.88 Å². The molecule has 0 radical (unpaired) electrons. The maximum absolute atomic E-state index is 6.26. The quantitative estimate of drug-likeness (QED) is 0.736. The summed E-state index contributed by atoms with van der Waals surface area (Å²) in [7, 11) is 1.65. The van der Waals surface area contributed by atoms with Gasteiger partial charge in [0.15, 0.2) is 0 Å². The zero-order chi connectivity index (χ0) is 20.6. The number of fused-ring (bicyclic) bond motifs is 2. The van der Waals surface area contributed by atoms with E-state index in [9.17, 15) is 0 Å². The van der Waals surface area contributed by atoms with Crippen LogP contribution in [0.4, 0.5) is 0 Å². The Labute approximate surface area is 177 Å². The van der Waals surface area contributed by atoms with Crippen LogP contribution < -0.4 is 10.1 Å². The Morgan fingerprint density at radius 2 is 2.10 bits per heavy atom. The number of dihydropyridines is 1. The van der Waals surface area contributed by atoms with Gasteiger partial charge in [0.05, 0.1) is 7.11 Å². The van der Waals surface area contributed by atoms with E-state index in [0.29, 0.717) is 24.6 Å². The van der Waals surface area contributed by atoms with Crippen molar-refractivity contribution < 1.29 is 9.47 Å². The molecule has 6 rings (SSSR count). The molecular weight excluding hydrogens is 378 g/mol. The number of aromatic nitrogens is 2. The highest BCUT2D eigenvalue weighted by atomic mass is 16.5. The van der Waals surface area contributed by atoms with Crippen LogP contribution in [0.25, 0.3) is 5.57 Å². The summed E-state index contributed by atoms with van der Waals surface area (Å²) in [4.78, 5) is 12.5. The molecule has 2 aromatic rings. The van der Waals surface area contributed by atoms with Crippen molar-refractivity contribution in [2.45, 2.75) is 37.8 Å². The molecule has 30 heavy (non-hydrogen) atoms. The number of ether oxygens (including phenoxy) is 2. The van der Waals surface area contributed by atoms with Gasteiger partial charge in [0.2, 0.25) is 11.7 Å². The Morgan fingerprint density at radius 3 is 2.70 bits per heavy atom. The minimum atomic E-state index is -0.570. The second-order valence-electron chi connectivity index (χ2n) is 8.14. The van der Waals surface area contributed by atoms with Gasteiger partial charge in [-0.15, -0.1) is 0 Å². The van der Waals surface area contributed by atoms with Crippen molar-refractivity contribution in [3.05, 3.63) is 66.3 Å². The van der Waals surface area contributed by atoms with Crippen LogP contribution in [0, 0.1) is 0 Å². The van der Waals surface area contributed by atoms with E-state index < -0.39 is 5.85 Å². The molecule has 0 amide bonds. The smallest absolute Gasteiger partial charge is 0.218 e. The zero-order valence-corrected chi connectivity index (χ0v) is 17.5. The maximum Gasteiger partial charge on any atom is 0.218 e. The molecule has 4 aliphatic heterocycles. The third-order valence-corrected chi connectivity index (χ3v) is 6.41. The summed E-state index contributed by atoms with van der Waals surface area (Å²) >= 11 is 0. The predicted molar refractivity (Wildman–Crippen MR) is 116 cm³/mol. The van der Waals surface area contributed by atoms with Crippen LogP contribution in [0.15, 0.2) is 55.1 Å². The number of pyridine rings is 1. The van der Waals surface area contributed by atoms with Crippen molar-refractivity contribution in [3.63, 3.8) is 0 Å². The van der Waals surface area contributed by atoms with Gasteiger partial charge in [-0.1, -0.05) is 12.1 Å². The third kappa shape index (κ3) is 3.43. The number of piperidine rings is 1. The normalized spacial score (nSPS) is 28.5. The number of methoxy groups -OCH3 is 1. The van der Waals surface area contributed by atoms with E-state index in [4.69, 9.17) is 9.47 Å². The van der Waals surface area contributed by atoms with Gasteiger partial charge in [-0.2, -0.15) is 0 Å². The summed E-state index contributed by atoms with van der Waals surface area (Å²) in [5.41, 5.74) is 3.56. The van der Waals surface area contributed by atoms with E-state index in [1.54, 1.807) is 7.11 Å². The van der Waals surface area contributed by atoms with Crippen molar-refractivity contribution in [2.75, 3.05) is 26.8 Å². The molecule has 7 heteroatoms. The van der Waals surface area contributed by atoms with Crippen molar-refractivity contribution in [3.8, 4) is 5.88 Å². The van der Waals surface area contributed by atoms with Crippen molar-refractivity contribution in [1.82, 2.24) is 25.1 Å². The molecule has 3 fully saturated rings. The van der Waals surface area contributed by atoms with E-state index in [-0.39, 0.29) is 0 Å². The number of aromatic amines is 1. The molecule has 0 spiro atoms. The number of hydrogen-bond acceptors (Lipinski definition) is 6. The van der Waals surface area contributed by atoms with Crippen LogP contribution >= 0.6 is 0 Å². The highest BCUT2D eigenvalue weighted by Gasteiger charge is 2.50. The summed E-state index contributed by atoms with van der Waals surface area (Å²) in [6.45, 7) is 5.59. The Balaban J connectivity index is 1.26. The SMILES string of the molecule is CCOC1(N2CC3CC(C2)N3Cc2ccc(OC)nc2)C=CC(c2cc[nH]c2)=CN1. The minimum absolute atomic E-state index is 0.536. The average molecular weight is 408 g/mol. The molecule has 6 heterocycles. The van der Waals surface area contributed by atoms with Gasteiger partial charge < -0.3 is 19.8 Å². The first kappa shape index (κ1) is 19.4. The molecule has 0 saturated carbocycles. The Hall–Kier alpha value is -2.61. The number of H-pyrrole nitrogens is 1. The van der Waals surface area contributed by atoms with Gasteiger partial charge in [0.1, 0.15) is 0 Å². The summed E-state index contributed by atoms with van der Waals surface area (Å²) in [6, 6.07) is 7.19. The molecular formula is C23H29N5O2. The molecule has 3 saturated heterocycles. The predicted octanol–water partition coefficient (Wildman–Crippen LogP) is 2.57. The monoisotopic (exact) mass is 407 g/mol. The fourth-order valence-electron chi connectivity index (χ4n) is 4.81. The molecule has 0 aromatic carbocycles. The standard InChI is InChI=1S/C23H29N5O2/c1-3-30-23(8-6-18(13-26-23)19-7-9-24-12-19)27-15-20-10-21(16-27)28(20)14-17-4-5-22(29-2)25-11-17/h4-9,11-13,20-21,24,26H,3,10,14-16H2,1-2H3. The van der Waals surface area contributed by atoms with Gasteiger partial charge in [-0.3, -0.25) is 9.80 Å². The van der Waals surface area contributed by atoms with E-state index >= 15 is 0 Å². The highest BCUT2D eigenvalue weighted by molar-refractivity contribution is 5.74. The van der Waals surface area contributed by atoms with Gasteiger partial charge in [-0.05, 0) is 36.6 Å². The number of hydrogen-bond donors (Lipinski definition) is 2. The number of piperazine rings is 1. The van der Waals surface area contributed by atoms with E-state index in [2.05, 4.69) is 62.5 Å². The Kier molecular flexibility index (Phi) is 5.10. The summed E-state index contributed by atoms with van der Waals surface area (Å²) < 4.78 is 11.4. The lowest BCUT2D eigenvalue weighted by Crippen LogP contribution is -2.74. The van der Waals surface area contributed by atoms with Gasteiger partial charge >= 0.3 is 0 Å². The largest absolute Gasteiger partial charge is 0.481 e. The molecule has 158 valence electrons. The molecule has 2 N–H and O–H groups in total. The van der Waals surface area contributed by atoms with Crippen molar-refractivity contribution >= 4 is 5.57 Å². The lowest BCUT2D eigenvalue weighted by molar-refractivity contribution is -0.191. The maximum atomic E-state index is 6.26. The van der Waals surface area contributed by atoms with Gasteiger partial charge in [0, 0.05) is 74.7 Å². The molecule has 4 aliphatic rings. The molecule has 3 unspecified atom stereocenters. The average Bonchev–Trinajstić information content (AvgIpc) is 3.33. The first-order valence-electron chi connectivity index (χ1n) is 10.6. The van der Waals surface area contributed by atoms with Crippen LogP contribution in [-0.2, 0) is 11.3 Å². The zero-order valence-electron chi connectivity index (χ0n) is 17.5. The fraction of sp³-hybridized carbons (Fsp3) is 0.435. The van der Waals surface area contributed by atoms with E-state index in [1.165, 1.54) is 17.5 Å². The molecule has 2 bridgehead atoms. The van der Waals surface area contributed by atoms with E-state index in [1.807, 2.05) is 24.7 Å². The van der Waals surface area contributed by atoms with Gasteiger partial charge in [-0.25, -0.2) is 4.98 Å². The number of nitrogens with one attached hydrogen (secondary N) is 2. The van der Waals surface area contributed by atoms with Crippen molar-refractivity contribution in [2.24, 2.45) is 0 Å². The Bertz CT molecular complexity index is 912. The minimum Gasteiger partial charge on any atom is -0.481 e. The van der Waals surface area contributed by atoms with Crippen LogP contribution in [0.1, 0.15) is 24.5 Å².